The fourth-order valence-electron chi connectivity index (χ4n) is 3.60. The van der Waals surface area contributed by atoms with Crippen molar-refractivity contribution in [3.05, 3.63) is 65.1 Å². The van der Waals surface area contributed by atoms with Gasteiger partial charge >= 0.3 is 0 Å². The second-order valence-corrected chi connectivity index (χ2v) is 6.27. The molecule has 25 heavy (non-hydrogen) atoms. The van der Waals surface area contributed by atoms with Gasteiger partial charge in [0.2, 0.25) is 0 Å². The first-order chi connectivity index (χ1) is 11.8. The van der Waals surface area contributed by atoms with Gasteiger partial charge in [-0.2, -0.15) is 0 Å². The molecule has 1 aliphatic rings. The average molecular weight is 339 g/mol. The molecule has 3 aromatic rings. The van der Waals surface area contributed by atoms with E-state index in [-0.39, 0.29) is 14.0 Å². The number of aliphatic hydroxyl groups excluding tert-OH is 2. The summed E-state index contributed by atoms with van der Waals surface area (Å²) in [4.78, 5) is 4.01. The number of rotatable bonds is 4. The van der Waals surface area contributed by atoms with Gasteiger partial charge in [0.1, 0.15) is 0 Å². The van der Waals surface area contributed by atoms with Gasteiger partial charge in [-0.3, -0.25) is 4.98 Å². The highest BCUT2D eigenvalue weighted by Gasteiger charge is 2.21. The molecule has 5 heteroatoms. The van der Waals surface area contributed by atoms with E-state index in [1.54, 1.807) is 12.4 Å². The van der Waals surface area contributed by atoms with E-state index in [2.05, 4.69) is 27.0 Å². The summed E-state index contributed by atoms with van der Waals surface area (Å²) in [5.74, 6) is 0. The second kappa shape index (κ2) is 7.35. The maximum Gasteiger partial charge on any atom is 0.0970 e. The molecule has 4 rings (SSSR count). The minimum Gasteiger partial charge on any atom is -0.392 e. The highest BCUT2D eigenvalue weighted by atomic mass is 16.3. The van der Waals surface area contributed by atoms with Crippen molar-refractivity contribution >= 4 is 10.9 Å². The van der Waals surface area contributed by atoms with Gasteiger partial charge in [0.15, 0.2) is 0 Å². The Bertz CT molecular complexity index is 858. The third-order valence-electron chi connectivity index (χ3n) is 4.82. The average Bonchev–Trinajstić information content (AvgIpc) is 2.96. The lowest BCUT2D eigenvalue weighted by atomic mass is 10.0. The molecule has 0 saturated carbocycles. The van der Waals surface area contributed by atoms with Crippen molar-refractivity contribution in [2.45, 2.75) is 39.6 Å². The standard InChI is InChI=1S/C19H21N3O2.CH4/c23-12-13-1-2-17-15(9-13)16-10-21-8-5-18(16)22(17)11-19(24)14-3-6-20-7-4-14;/h1-4,6-7,9,19,21,23-24H,5,8,10-12H2;1H4. The van der Waals surface area contributed by atoms with Crippen molar-refractivity contribution in [1.82, 2.24) is 14.9 Å². The molecule has 1 aromatic carbocycles. The molecule has 0 amide bonds. The largest absolute Gasteiger partial charge is 0.392 e. The topological polar surface area (TPSA) is 70.3 Å². The number of aliphatic hydroxyl groups is 2. The first-order valence-electron chi connectivity index (χ1n) is 8.30. The molecule has 132 valence electrons. The third-order valence-corrected chi connectivity index (χ3v) is 4.82. The Hall–Kier alpha value is -2.21. The van der Waals surface area contributed by atoms with E-state index in [9.17, 15) is 10.2 Å². The van der Waals surface area contributed by atoms with Crippen LogP contribution in [-0.2, 0) is 26.1 Å². The molecule has 1 aliphatic heterocycles. The number of fused-ring (bicyclic) bond motifs is 3. The van der Waals surface area contributed by atoms with Crippen LogP contribution in [-0.4, -0.2) is 26.3 Å². The van der Waals surface area contributed by atoms with E-state index in [4.69, 9.17) is 0 Å². The van der Waals surface area contributed by atoms with E-state index in [0.717, 1.165) is 36.2 Å². The smallest absolute Gasteiger partial charge is 0.0970 e. The van der Waals surface area contributed by atoms with Gasteiger partial charge in [-0.15, -0.1) is 0 Å². The molecule has 1 unspecified atom stereocenters. The number of nitrogens with zero attached hydrogens (tertiary/aromatic N) is 2. The van der Waals surface area contributed by atoms with Crippen LogP contribution in [0.3, 0.4) is 0 Å². The Labute approximate surface area is 148 Å². The van der Waals surface area contributed by atoms with E-state index in [0.29, 0.717) is 6.54 Å². The Kier molecular flexibility index (Phi) is 5.18. The zero-order valence-electron chi connectivity index (χ0n) is 13.4. The molecule has 3 N–H and O–H groups in total. The molecular weight excluding hydrogens is 314 g/mol. The molecule has 3 heterocycles. The van der Waals surface area contributed by atoms with Crippen LogP contribution in [0.5, 0.6) is 0 Å². The summed E-state index contributed by atoms with van der Waals surface area (Å²) < 4.78 is 2.23. The SMILES string of the molecule is C.OCc1ccc2c(c1)c1c(n2CC(O)c2ccncc2)CCNC1. The molecule has 0 fully saturated rings. The van der Waals surface area contributed by atoms with E-state index < -0.39 is 6.10 Å². The van der Waals surface area contributed by atoms with Gasteiger partial charge in [-0.1, -0.05) is 13.5 Å². The van der Waals surface area contributed by atoms with Crippen LogP contribution in [0, 0.1) is 0 Å². The highest BCUT2D eigenvalue weighted by Crippen LogP contribution is 2.31. The summed E-state index contributed by atoms with van der Waals surface area (Å²) in [5.41, 5.74) is 5.48. The van der Waals surface area contributed by atoms with Gasteiger partial charge in [0.05, 0.1) is 19.3 Å². The molecule has 0 radical (unpaired) electrons. The number of aromatic nitrogens is 2. The molecule has 2 aromatic heterocycles. The number of benzene rings is 1. The van der Waals surface area contributed by atoms with Crippen LogP contribution in [0.1, 0.15) is 35.9 Å². The van der Waals surface area contributed by atoms with Gasteiger partial charge in [0, 0.05) is 48.5 Å². The van der Waals surface area contributed by atoms with Crippen molar-refractivity contribution < 1.29 is 10.2 Å². The molecule has 5 nitrogen and oxygen atoms in total. The molecule has 0 saturated heterocycles. The lowest BCUT2D eigenvalue weighted by Gasteiger charge is -2.19. The summed E-state index contributed by atoms with van der Waals surface area (Å²) in [6, 6.07) is 9.79. The fourth-order valence-corrected chi connectivity index (χ4v) is 3.60. The van der Waals surface area contributed by atoms with Crippen molar-refractivity contribution in [3.8, 4) is 0 Å². The predicted molar refractivity (Wildman–Crippen MR) is 99.2 cm³/mol. The van der Waals surface area contributed by atoms with Gasteiger partial charge in [0.25, 0.3) is 0 Å². The predicted octanol–water partition coefficient (Wildman–Crippen LogP) is 2.54. The maximum atomic E-state index is 10.6. The first kappa shape index (κ1) is 17.6. The monoisotopic (exact) mass is 339 g/mol. The van der Waals surface area contributed by atoms with E-state index >= 15 is 0 Å². The minimum absolute atomic E-state index is 0. The van der Waals surface area contributed by atoms with Crippen LogP contribution < -0.4 is 5.32 Å². The molecule has 1 atom stereocenters. The van der Waals surface area contributed by atoms with Crippen LogP contribution in [0.25, 0.3) is 10.9 Å². The quantitative estimate of drug-likeness (QED) is 0.683. The number of nitrogens with one attached hydrogen (secondary N) is 1. The Morgan fingerprint density at radius 1 is 1.20 bits per heavy atom. The van der Waals surface area contributed by atoms with E-state index in [1.165, 1.54) is 16.6 Å². The number of pyridine rings is 1. The first-order valence-corrected chi connectivity index (χ1v) is 8.30. The molecule has 0 bridgehead atoms. The summed E-state index contributed by atoms with van der Waals surface area (Å²) in [7, 11) is 0. The van der Waals surface area contributed by atoms with Gasteiger partial charge in [-0.05, 0) is 41.0 Å². The fraction of sp³-hybridized carbons (Fsp3) is 0.350. The molecule has 0 aliphatic carbocycles. The Balaban J connectivity index is 0.00000182. The lowest BCUT2D eigenvalue weighted by Crippen LogP contribution is -2.25. The van der Waals surface area contributed by atoms with Gasteiger partial charge < -0.3 is 20.1 Å². The van der Waals surface area contributed by atoms with Crippen molar-refractivity contribution in [2.75, 3.05) is 6.54 Å². The van der Waals surface area contributed by atoms with Crippen LogP contribution in [0.15, 0.2) is 42.7 Å². The number of hydrogen-bond acceptors (Lipinski definition) is 4. The summed E-state index contributed by atoms with van der Waals surface area (Å²) in [6.07, 6.45) is 3.79. The molecule has 0 spiro atoms. The zero-order valence-corrected chi connectivity index (χ0v) is 13.4. The van der Waals surface area contributed by atoms with Crippen molar-refractivity contribution in [3.63, 3.8) is 0 Å². The summed E-state index contributed by atoms with van der Waals surface area (Å²) >= 11 is 0. The molecular formula is C20H25N3O2. The third kappa shape index (κ3) is 3.18. The van der Waals surface area contributed by atoms with Crippen LogP contribution >= 0.6 is 0 Å². The second-order valence-electron chi connectivity index (χ2n) is 6.27. The van der Waals surface area contributed by atoms with Crippen molar-refractivity contribution in [2.24, 2.45) is 0 Å². The number of hydrogen-bond donors (Lipinski definition) is 3. The van der Waals surface area contributed by atoms with Crippen LogP contribution in [0.2, 0.25) is 0 Å². The van der Waals surface area contributed by atoms with E-state index in [1.807, 2.05) is 18.2 Å². The Morgan fingerprint density at radius 3 is 2.76 bits per heavy atom. The summed E-state index contributed by atoms with van der Waals surface area (Å²) in [6.45, 7) is 2.35. The highest BCUT2D eigenvalue weighted by molar-refractivity contribution is 5.86. The van der Waals surface area contributed by atoms with Crippen LogP contribution in [0.4, 0.5) is 0 Å². The minimum atomic E-state index is -0.569. The maximum absolute atomic E-state index is 10.6. The van der Waals surface area contributed by atoms with Crippen molar-refractivity contribution in [1.29, 1.82) is 0 Å². The Morgan fingerprint density at radius 2 is 2.00 bits per heavy atom. The normalized spacial score (nSPS) is 14.8. The zero-order chi connectivity index (χ0) is 16.5. The lowest BCUT2D eigenvalue weighted by molar-refractivity contribution is 0.156. The summed E-state index contributed by atoms with van der Waals surface area (Å²) in [5, 5.41) is 24.7. The van der Waals surface area contributed by atoms with Gasteiger partial charge in [-0.25, -0.2) is 0 Å².